The molecular weight excluding hydrogens is 458 g/mol. The molecular formula is C24H23N3O6S. The second-order valence-electron chi connectivity index (χ2n) is 7.06. The van der Waals surface area contributed by atoms with E-state index in [9.17, 15) is 4.79 Å². The van der Waals surface area contributed by atoms with E-state index in [1.54, 1.807) is 38.3 Å². The lowest BCUT2D eigenvalue weighted by Gasteiger charge is -2.10. The summed E-state index contributed by atoms with van der Waals surface area (Å²) in [6.07, 6.45) is 0. The van der Waals surface area contributed by atoms with E-state index >= 15 is 0 Å². The first-order valence-corrected chi connectivity index (χ1v) is 11.4. The lowest BCUT2D eigenvalue weighted by Crippen LogP contribution is -2.05. The summed E-state index contributed by atoms with van der Waals surface area (Å²) < 4.78 is 26.9. The van der Waals surface area contributed by atoms with Gasteiger partial charge in [0.2, 0.25) is 11.7 Å². The van der Waals surface area contributed by atoms with Crippen LogP contribution in [0.3, 0.4) is 0 Å². The number of benzene rings is 2. The van der Waals surface area contributed by atoms with Crippen molar-refractivity contribution in [3.63, 3.8) is 0 Å². The van der Waals surface area contributed by atoms with Gasteiger partial charge in [-0.25, -0.2) is 9.78 Å². The van der Waals surface area contributed by atoms with Gasteiger partial charge in [-0.05, 0) is 49.4 Å². The van der Waals surface area contributed by atoms with Crippen LogP contribution >= 0.6 is 11.3 Å². The van der Waals surface area contributed by atoms with E-state index in [1.165, 1.54) is 11.3 Å². The smallest absolute Gasteiger partial charge is 0.338 e. The summed E-state index contributed by atoms with van der Waals surface area (Å²) in [7, 11) is 1.60. The van der Waals surface area contributed by atoms with Crippen molar-refractivity contribution in [1.29, 1.82) is 0 Å². The summed E-state index contributed by atoms with van der Waals surface area (Å²) >= 11 is 1.46. The fraction of sp³-hybridized carbons (Fsp3) is 0.250. The van der Waals surface area contributed by atoms with Crippen LogP contribution in [0, 0.1) is 6.92 Å². The van der Waals surface area contributed by atoms with Crippen LogP contribution in [0.2, 0.25) is 0 Å². The first kappa shape index (κ1) is 23.2. The van der Waals surface area contributed by atoms with Crippen molar-refractivity contribution in [1.82, 2.24) is 15.1 Å². The molecule has 176 valence electrons. The van der Waals surface area contributed by atoms with Gasteiger partial charge in [0.1, 0.15) is 17.4 Å². The van der Waals surface area contributed by atoms with Crippen molar-refractivity contribution in [2.75, 3.05) is 13.7 Å². The minimum absolute atomic E-state index is 0.0684. The SMILES string of the molecule is CCOc1ccc(-c2nc(COC(=O)c3ccc(OCc4noc(C)n4)cc3)cs2)cc1OC. The maximum absolute atomic E-state index is 12.4. The van der Waals surface area contributed by atoms with Crippen LogP contribution in [0.1, 0.15) is 34.7 Å². The average Bonchev–Trinajstić information content (AvgIpc) is 3.51. The Hall–Kier alpha value is -3.92. The van der Waals surface area contributed by atoms with Gasteiger partial charge in [0.15, 0.2) is 18.1 Å². The molecule has 0 fully saturated rings. The van der Waals surface area contributed by atoms with Gasteiger partial charge in [-0.2, -0.15) is 4.98 Å². The molecule has 0 spiro atoms. The Labute approximate surface area is 200 Å². The van der Waals surface area contributed by atoms with Gasteiger partial charge in [0.05, 0.1) is 25.0 Å². The van der Waals surface area contributed by atoms with Gasteiger partial charge >= 0.3 is 5.97 Å². The zero-order valence-corrected chi connectivity index (χ0v) is 19.8. The minimum atomic E-state index is -0.447. The number of thiazole rings is 1. The zero-order chi connectivity index (χ0) is 23.9. The maximum Gasteiger partial charge on any atom is 0.338 e. The molecule has 0 atom stereocenters. The number of nitrogens with zero attached hydrogens (tertiary/aromatic N) is 3. The molecule has 0 bridgehead atoms. The average molecular weight is 482 g/mol. The van der Waals surface area contributed by atoms with Gasteiger partial charge in [-0.15, -0.1) is 11.3 Å². The van der Waals surface area contributed by atoms with Gasteiger partial charge in [-0.3, -0.25) is 0 Å². The van der Waals surface area contributed by atoms with Crippen molar-refractivity contribution in [2.24, 2.45) is 0 Å². The third-order valence-electron chi connectivity index (χ3n) is 4.64. The molecule has 4 rings (SSSR count). The number of hydrogen-bond donors (Lipinski definition) is 0. The zero-order valence-electron chi connectivity index (χ0n) is 18.9. The quantitative estimate of drug-likeness (QED) is 0.294. The Kier molecular flexibility index (Phi) is 7.38. The molecule has 0 radical (unpaired) electrons. The number of carbonyl (C=O) groups is 1. The maximum atomic E-state index is 12.4. The summed E-state index contributed by atoms with van der Waals surface area (Å²) in [5.74, 6) is 2.38. The number of aromatic nitrogens is 3. The highest BCUT2D eigenvalue weighted by Gasteiger charge is 2.13. The summed E-state index contributed by atoms with van der Waals surface area (Å²) in [6.45, 7) is 4.42. The van der Waals surface area contributed by atoms with Gasteiger partial charge in [-0.1, -0.05) is 5.16 Å². The molecule has 0 saturated carbocycles. The van der Waals surface area contributed by atoms with Gasteiger partial charge < -0.3 is 23.5 Å². The lowest BCUT2D eigenvalue weighted by molar-refractivity contribution is 0.0468. The Morgan fingerprint density at radius 3 is 2.56 bits per heavy atom. The topological polar surface area (TPSA) is 106 Å². The molecule has 2 heterocycles. The predicted molar refractivity (Wildman–Crippen MR) is 124 cm³/mol. The van der Waals surface area contributed by atoms with Crippen LogP contribution in [-0.2, 0) is 18.0 Å². The molecule has 34 heavy (non-hydrogen) atoms. The van der Waals surface area contributed by atoms with Crippen LogP contribution in [0.15, 0.2) is 52.4 Å². The Balaban J connectivity index is 1.32. The van der Waals surface area contributed by atoms with E-state index < -0.39 is 5.97 Å². The van der Waals surface area contributed by atoms with Crippen LogP contribution in [0.25, 0.3) is 10.6 Å². The molecule has 0 saturated heterocycles. The fourth-order valence-electron chi connectivity index (χ4n) is 3.04. The van der Waals surface area contributed by atoms with Crippen LogP contribution in [-0.4, -0.2) is 34.8 Å². The summed E-state index contributed by atoms with van der Waals surface area (Å²) in [6, 6.07) is 12.3. The summed E-state index contributed by atoms with van der Waals surface area (Å²) in [5, 5.41) is 6.43. The Bertz CT molecular complexity index is 1250. The fourth-order valence-corrected chi connectivity index (χ4v) is 3.84. The standard InChI is InChI=1S/C24H23N3O6S/c1-4-30-20-10-7-17(11-21(20)29-3)23-26-18(14-34-23)12-32-24(28)16-5-8-19(9-6-16)31-13-22-25-15(2)33-27-22/h5-11,14H,4,12-13H2,1-3H3. The highest BCUT2D eigenvalue weighted by molar-refractivity contribution is 7.13. The van der Waals surface area contributed by atoms with E-state index in [4.69, 9.17) is 23.5 Å². The van der Waals surface area contributed by atoms with E-state index in [2.05, 4.69) is 15.1 Å². The third-order valence-corrected chi connectivity index (χ3v) is 5.58. The number of hydrogen-bond acceptors (Lipinski definition) is 10. The van der Waals surface area contributed by atoms with Crippen LogP contribution in [0.4, 0.5) is 0 Å². The van der Waals surface area contributed by atoms with Crippen molar-refractivity contribution in [2.45, 2.75) is 27.1 Å². The van der Waals surface area contributed by atoms with Gasteiger partial charge in [0, 0.05) is 17.9 Å². The number of methoxy groups -OCH3 is 1. The second kappa shape index (κ2) is 10.8. The summed E-state index contributed by atoms with van der Waals surface area (Å²) in [5.41, 5.74) is 1.97. The van der Waals surface area contributed by atoms with E-state index in [0.717, 1.165) is 10.6 Å². The number of esters is 1. The molecule has 2 aromatic heterocycles. The number of ether oxygens (including phenoxy) is 4. The highest BCUT2D eigenvalue weighted by atomic mass is 32.1. The molecule has 0 aliphatic carbocycles. The minimum Gasteiger partial charge on any atom is -0.493 e. The second-order valence-corrected chi connectivity index (χ2v) is 7.92. The molecule has 0 amide bonds. The molecule has 0 aliphatic rings. The molecule has 9 nitrogen and oxygen atoms in total. The first-order valence-electron chi connectivity index (χ1n) is 10.5. The van der Waals surface area contributed by atoms with Crippen LogP contribution in [0.5, 0.6) is 17.2 Å². The molecule has 0 N–H and O–H groups in total. The molecule has 10 heteroatoms. The normalized spacial score (nSPS) is 10.7. The number of carbonyl (C=O) groups excluding carboxylic acids is 1. The number of rotatable bonds is 10. The third kappa shape index (κ3) is 5.70. The largest absolute Gasteiger partial charge is 0.493 e. The highest BCUT2D eigenvalue weighted by Crippen LogP contribution is 2.34. The van der Waals surface area contributed by atoms with E-state index in [1.807, 2.05) is 30.5 Å². The van der Waals surface area contributed by atoms with Crippen molar-refractivity contribution in [3.8, 4) is 27.8 Å². The number of aryl methyl sites for hydroxylation is 1. The van der Waals surface area contributed by atoms with Crippen molar-refractivity contribution >= 4 is 17.3 Å². The van der Waals surface area contributed by atoms with Crippen molar-refractivity contribution in [3.05, 3.63) is 70.8 Å². The lowest BCUT2D eigenvalue weighted by atomic mass is 10.2. The first-order chi connectivity index (χ1) is 16.6. The molecule has 4 aromatic rings. The van der Waals surface area contributed by atoms with E-state index in [0.29, 0.717) is 46.8 Å². The molecule has 0 unspecified atom stereocenters. The molecule has 2 aromatic carbocycles. The van der Waals surface area contributed by atoms with Gasteiger partial charge in [0.25, 0.3) is 0 Å². The van der Waals surface area contributed by atoms with Crippen LogP contribution < -0.4 is 14.2 Å². The Morgan fingerprint density at radius 1 is 1.03 bits per heavy atom. The van der Waals surface area contributed by atoms with E-state index in [-0.39, 0.29) is 13.2 Å². The van der Waals surface area contributed by atoms with Crippen molar-refractivity contribution < 1.29 is 28.3 Å². The Morgan fingerprint density at radius 2 is 1.85 bits per heavy atom. The summed E-state index contributed by atoms with van der Waals surface area (Å²) in [4.78, 5) is 21.1. The molecule has 0 aliphatic heterocycles. The predicted octanol–water partition coefficient (Wildman–Crippen LogP) is 4.84. The monoisotopic (exact) mass is 481 g/mol.